The normalized spacial score (nSPS) is 33.4. The molecule has 98 valence electrons. The van der Waals surface area contributed by atoms with Crippen LogP contribution in [0.4, 0.5) is 4.79 Å². The van der Waals surface area contributed by atoms with E-state index in [1.807, 2.05) is 20.8 Å². The second-order valence-electron chi connectivity index (χ2n) is 6.00. The van der Waals surface area contributed by atoms with Crippen LogP contribution >= 0.6 is 0 Å². The highest BCUT2D eigenvalue weighted by molar-refractivity contribution is 5.68. The van der Waals surface area contributed by atoms with Crippen molar-refractivity contribution in [2.24, 2.45) is 0 Å². The molecule has 1 saturated carbocycles. The Bertz CT molecular complexity index is 299. The fourth-order valence-electron chi connectivity index (χ4n) is 2.37. The molecule has 1 amide bonds. The summed E-state index contributed by atoms with van der Waals surface area (Å²) in [7, 11) is 0. The average molecular weight is 243 g/mol. The number of amides is 1. The lowest BCUT2D eigenvalue weighted by atomic mass is 9.76. The lowest BCUT2D eigenvalue weighted by Gasteiger charge is -2.50. The van der Waals surface area contributed by atoms with Gasteiger partial charge in [-0.3, -0.25) is 0 Å². The number of carbonyl (C=O) groups is 1. The first-order valence-electron chi connectivity index (χ1n) is 6.10. The Morgan fingerprint density at radius 1 is 1.47 bits per heavy atom. The molecule has 0 atom stereocenters. The van der Waals surface area contributed by atoms with Crippen molar-refractivity contribution in [3.05, 3.63) is 0 Å². The van der Waals surface area contributed by atoms with Gasteiger partial charge in [-0.05, 0) is 20.8 Å². The number of nitrogens with zero attached hydrogens (tertiary/aromatic N) is 1. The zero-order valence-electron chi connectivity index (χ0n) is 10.7. The smallest absolute Gasteiger partial charge is 0.410 e. The molecule has 5 nitrogen and oxygen atoms in total. The van der Waals surface area contributed by atoms with Crippen molar-refractivity contribution in [3.63, 3.8) is 0 Å². The van der Waals surface area contributed by atoms with E-state index in [1.54, 1.807) is 4.90 Å². The standard InChI is InChI=1S/C12H21NO4/c1-11(2,3)17-10(15)13-4-5-16-12(8-13)6-9(14)7-12/h9,14H,4-8H2,1-3H3. The summed E-state index contributed by atoms with van der Waals surface area (Å²) in [6.45, 7) is 7.17. The van der Waals surface area contributed by atoms with Gasteiger partial charge in [0, 0.05) is 19.4 Å². The molecule has 0 aromatic carbocycles. The van der Waals surface area contributed by atoms with Crippen molar-refractivity contribution < 1.29 is 19.4 Å². The minimum Gasteiger partial charge on any atom is -0.444 e. The van der Waals surface area contributed by atoms with E-state index >= 15 is 0 Å². The van der Waals surface area contributed by atoms with Crippen LogP contribution in [0.5, 0.6) is 0 Å². The maximum atomic E-state index is 11.9. The molecule has 0 aromatic heterocycles. The summed E-state index contributed by atoms with van der Waals surface area (Å²) in [5, 5.41) is 9.36. The minimum atomic E-state index is -0.471. The Morgan fingerprint density at radius 2 is 2.12 bits per heavy atom. The monoisotopic (exact) mass is 243 g/mol. The van der Waals surface area contributed by atoms with Crippen LogP contribution in [0.3, 0.4) is 0 Å². The van der Waals surface area contributed by atoms with Gasteiger partial charge in [0.1, 0.15) is 5.60 Å². The Morgan fingerprint density at radius 3 is 2.65 bits per heavy atom. The topological polar surface area (TPSA) is 59.0 Å². The molecule has 5 heteroatoms. The summed E-state index contributed by atoms with van der Waals surface area (Å²) in [6.07, 6.45) is 0.661. The highest BCUT2D eigenvalue weighted by Gasteiger charge is 2.48. The Hall–Kier alpha value is -0.810. The van der Waals surface area contributed by atoms with Gasteiger partial charge < -0.3 is 19.5 Å². The van der Waals surface area contributed by atoms with E-state index in [0.717, 1.165) is 0 Å². The number of hydrogen-bond donors (Lipinski definition) is 1. The summed E-state index contributed by atoms with van der Waals surface area (Å²) in [5.74, 6) is 0. The number of aliphatic hydroxyl groups excluding tert-OH is 1. The Kier molecular flexibility index (Phi) is 3.08. The van der Waals surface area contributed by atoms with Crippen molar-refractivity contribution in [1.29, 1.82) is 0 Å². The van der Waals surface area contributed by atoms with Crippen LogP contribution < -0.4 is 0 Å². The molecule has 17 heavy (non-hydrogen) atoms. The number of rotatable bonds is 0. The van der Waals surface area contributed by atoms with E-state index in [1.165, 1.54) is 0 Å². The second kappa shape index (κ2) is 4.14. The van der Waals surface area contributed by atoms with Crippen LogP contribution in [-0.4, -0.2) is 53.1 Å². The molecule has 0 unspecified atom stereocenters. The number of carbonyl (C=O) groups excluding carboxylic acids is 1. The lowest BCUT2D eigenvalue weighted by molar-refractivity contribution is -0.188. The summed E-state index contributed by atoms with van der Waals surface area (Å²) in [5.41, 5.74) is -0.795. The molecule has 2 fully saturated rings. The van der Waals surface area contributed by atoms with Crippen molar-refractivity contribution in [2.75, 3.05) is 19.7 Å². The first kappa shape index (κ1) is 12.6. The Balaban J connectivity index is 1.91. The third kappa shape index (κ3) is 2.90. The highest BCUT2D eigenvalue weighted by atomic mass is 16.6. The SMILES string of the molecule is CC(C)(C)OC(=O)N1CCOC2(CC(O)C2)C1. The van der Waals surface area contributed by atoms with Crippen LogP contribution in [-0.2, 0) is 9.47 Å². The van der Waals surface area contributed by atoms with Gasteiger partial charge in [-0.25, -0.2) is 4.79 Å². The fourth-order valence-corrected chi connectivity index (χ4v) is 2.37. The molecule has 0 radical (unpaired) electrons. The van der Waals surface area contributed by atoms with Crippen molar-refractivity contribution in [3.8, 4) is 0 Å². The predicted molar refractivity (Wildman–Crippen MR) is 61.7 cm³/mol. The number of ether oxygens (including phenoxy) is 2. The van der Waals surface area contributed by atoms with E-state index in [4.69, 9.17) is 9.47 Å². The molecule has 1 N–H and O–H groups in total. The predicted octanol–water partition coefficient (Wildman–Crippen LogP) is 1.15. The molecule has 1 saturated heterocycles. The first-order valence-corrected chi connectivity index (χ1v) is 6.10. The molecule has 2 aliphatic rings. The maximum Gasteiger partial charge on any atom is 0.410 e. The number of aliphatic hydroxyl groups is 1. The summed E-state index contributed by atoms with van der Waals surface area (Å²) >= 11 is 0. The zero-order valence-corrected chi connectivity index (χ0v) is 10.7. The molecule has 1 heterocycles. The van der Waals surface area contributed by atoms with Gasteiger partial charge in [-0.2, -0.15) is 0 Å². The molecule has 1 aliphatic carbocycles. The van der Waals surface area contributed by atoms with Crippen LogP contribution in [0.1, 0.15) is 33.6 Å². The highest BCUT2D eigenvalue weighted by Crippen LogP contribution is 2.38. The van der Waals surface area contributed by atoms with E-state index in [-0.39, 0.29) is 17.8 Å². The summed E-state index contributed by atoms with van der Waals surface area (Å²) in [6, 6.07) is 0. The van der Waals surface area contributed by atoms with Gasteiger partial charge in [0.15, 0.2) is 0 Å². The minimum absolute atomic E-state index is 0.284. The van der Waals surface area contributed by atoms with E-state index in [0.29, 0.717) is 32.5 Å². The molecule has 1 spiro atoms. The fraction of sp³-hybridized carbons (Fsp3) is 0.917. The van der Waals surface area contributed by atoms with Gasteiger partial charge in [0.25, 0.3) is 0 Å². The second-order valence-corrected chi connectivity index (χ2v) is 6.00. The lowest BCUT2D eigenvalue weighted by Crippen LogP contribution is -2.61. The third-order valence-corrected chi connectivity index (χ3v) is 3.12. The first-order chi connectivity index (χ1) is 7.80. The average Bonchev–Trinajstić information content (AvgIpc) is 2.13. The molecule has 0 bridgehead atoms. The largest absolute Gasteiger partial charge is 0.444 e. The van der Waals surface area contributed by atoms with Gasteiger partial charge in [-0.15, -0.1) is 0 Å². The maximum absolute atomic E-state index is 11.9. The number of morpholine rings is 1. The van der Waals surface area contributed by atoms with Gasteiger partial charge >= 0.3 is 6.09 Å². The van der Waals surface area contributed by atoms with Crippen LogP contribution in [0, 0.1) is 0 Å². The van der Waals surface area contributed by atoms with Crippen molar-refractivity contribution in [2.45, 2.75) is 50.9 Å². The number of hydrogen-bond acceptors (Lipinski definition) is 4. The molecule has 2 rings (SSSR count). The molecule has 0 aromatic rings. The van der Waals surface area contributed by atoms with E-state index < -0.39 is 5.60 Å². The Labute approximate surface area is 102 Å². The summed E-state index contributed by atoms with van der Waals surface area (Å²) in [4.78, 5) is 13.6. The molecular weight excluding hydrogens is 222 g/mol. The van der Waals surface area contributed by atoms with Crippen LogP contribution in [0.15, 0.2) is 0 Å². The third-order valence-electron chi connectivity index (χ3n) is 3.12. The van der Waals surface area contributed by atoms with E-state index in [2.05, 4.69) is 0 Å². The van der Waals surface area contributed by atoms with Crippen LogP contribution in [0.25, 0.3) is 0 Å². The zero-order chi connectivity index (χ0) is 12.7. The van der Waals surface area contributed by atoms with E-state index in [9.17, 15) is 9.90 Å². The van der Waals surface area contributed by atoms with Gasteiger partial charge in [0.2, 0.25) is 0 Å². The molecular formula is C12H21NO4. The van der Waals surface area contributed by atoms with Crippen molar-refractivity contribution in [1.82, 2.24) is 4.90 Å². The molecule has 1 aliphatic heterocycles. The van der Waals surface area contributed by atoms with Crippen molar-refractivity contribution >= 4 is 6.09 Å². The summed E-state index contributed by atoms with van der Waals surface area (Å²) < 4.78 is 11.0. The van der Waals surface area contributed by atoms with Gasteiger partial charge in [-0.1, -0.05) is 0 Å². The van der Waals surface area contributed by atoms with Gasteiger partial charge in [0.05, 0.1) is 24.9 Å². The van der Waals surface area contributed by atoms with Crippen LogP contribution in [0.2, 0.25) is 0 Å². The quantitative estimate of drug-likeness (QED) is 0.693.